The molecule has 2 nitrogen and oxygen atoms in total. The summed E-state index contributed by atoms with van der Waals surface area (Å²) in [6.45, 7) is 0. The summed E-state index contributed by atoms with van der Waals surface area (Å²) in [5.41, 5.74) is 6.97. The fourth-order valence-corrected chi connectivity index (χ4v) is 10.2. The highest BCUT2D eigenvalue weighted by atomic mass is 32.1. The Kier molecular flexibility index (Phi) is 6.03. The molecule has 3 heterocycles. The van der Waals surface area contributed by atoms with Crippen LogP contribution in [-0.2, 0) is 0 Å². The zero-order valence-electron chi connectivity index (χ0n) is 26.9. The van der Waals surface area contributed by atoms with Crippen molar-refractivity contribution < 1.29 is 0 Å². The minimum absolute atomic E-state index is 1.12. The van der Waals surface area contributed by atoms with Crippen LogP contribution in [0.15, 0.2) is 170 Å². The van der Waals surface area contributed by atoms with E-state index in [1.165, 1.54) is 72.9 Å². The molecule has 234 valence electrons. The van der Waals surface area contributed by atoms with Crippen molar-refractivity contribution in [1.82, 2.24) is 4.57 Å². The van der Waals surface area contributed by atoms with Gasteiger partial charge in [0.15, 0.2) is 0 Å². The van der Waals surface area contributed by atoms with Crippen molar-refractivity contribution in [3.8, 4) is 5.69 Å². The van der Waals surface area contributed by atoms with Crippen molar-refractivity contribution in [3.63, 3.8) is 0 Å². The molecule has 0 fully saturated rings. The van der Waals surface area contributed by atoms with Gasteiger partial charge in [-0.2, -0.15) is 0 Å². The van der Waals surface area contributed by atoms with Gasteiger partial charge in [0.25, 0.3) is 0 Å². The Bertz CT molecular complexity index is 3110. The molecule has 0 atom stereocenters. The molecule has 0 amide bonds. The molecular weight excluding hydrogens is 645 g/mol. The number of thiophene rings is 2. The van der Waals surface area contributed by atoms with Crippen LogP contribution in [0, 0.1) is 0 Å². The molecule has 11 aromatic rings. The van der Waals surface area contributed by atoms with Gasteiger partial charge in [0, 0.05) is 79.3 Å². The fourth-order valence-electron chi connectivity index (χ4n) is 7.88. The fraction of sp³-hybridized carbons (Fsp3) is 0. The predicted octanol–water partition coefficient (Wildman–Crippen LogP) is 14.1. The number of fused-ring (bicyclic) bond motifs is 11. The summed E-state index contributed by atoms with van der Waals surface area (Å²) >= 11 is 3.75. The smallest absolute Gasteiger partial charge is 0.0561 e. The van der Waals surface area contributed by atoms with E-state index in [0.29, 0.717) is 0 Å². The maximum Gasteiger partial charge on any atom is 0.0561 e. The van der Waals surface area contributed by atoms with E-state index in [4.69, 9.17) is 0 Å². The molecule has 50 heavy (non-hydrogen) atoms. The van der Waals surface area contributed by atoms with E-state index in [9.17, 15) is 0 Å². The van der Waals surface area contributed by atoms with Gasteiger partial charge in [-0.1, -0.05) is 97.1 Å². The van der Waals surface area contributed by atoms with Crippen molar-refractivity contribution in [2.45, 2.75) is 0 Å². The van der Waals surface area contributed by atoms with E-state index in [1.54, 1.807) is 0 Å². The van der Waals surface area contributed by atoms with Gasteiger partial charge >= 0.3 is 0 Å². The maximum atomic E-state index is 2.45. The molecule has 0 bridgehead atoms. The van der Waals surface area contributed by atoms with Gasteiger partial charge in [0.1, 0.15) is 0 Å². The SMILES string of the molecule is c1ccc(-n2c3ccccc3c3ccc(N(c4ccc5sc6ccccc6c5c4)c4ccc5ccc6c7ccccc7sc6c5c4)cc32)cc1. The van der Waals surface area contributed by atoms with Gasteiger partial charge < -0.3 is 9.47 Å². The Balaban J connectivity index is 1.20. The quantitative estimate of drug-likeness (QED) is 0.181. The maximum absolute atomic E-state index is 2.45. The lowest BCUT2D eigenvalue weighted by molar-refractivity contribution is 1.18. The predicted molar refractivity (Wildman–Crippen MR) is 219 cm³/mol. The second kappa shape index (κ2) is 10.8. The molecule has 0 unspecified atom stereocenters. The number of para-hydroxylation sites is 2. The monoisotopic (exact) mass is 672 g/mol. The lowest BCUT2D eigenvalue weighted by Crippen LogP contribution is -2.10. The third-order valence-corrected chi connectivity index (χ3v) is 12.5. The minimum Gasteiger partial charge on any atom is -0.310 e. The van der Waals surface area contributed by atoms with Crippen molar-refractivity contribution in [3.05, 3.63) is 170 Å². The Morgan fingerprint density at radius 3 is 1.76 bits per heavy atom. The van der Waals surface area contributed by atoms with Gasteiger partial charge in [-0.25, -0.2) is 0 Å². The highest BCUT2D eigenvalue weighted by molar-refractivity contribution is 7.26. The number of anilines is 3. The van der Waals surface area contributed by atoms with E-state index >= 15 is 0 Å². The molecule has 0 spiro atoms. The second-order valence-corrected chi connectivity index (χ2v) is 15.1. The van der Waals surface area contributed by atoms with Crippen LogP contribution in [-0.4, -0.2) is 4.57 Å². The normalized spacial score (nSPS) is 12.0. The van der Waals surface area contributed by atoms with E-state index in [0.717, 1.165) is 22.7 Å². The van der Waals surface area contributed by atoms with Gasteiger partial charge in [-0.05, 0) is 78.2 Å². The van der Waals surface area contributed by atoms with Crippen molar-refractivity contribution >= 4 is 113 Å². The first-order chi connectivity index (χ1) is 24.8. The molecular formula is C46H28N2S2. The van der Waals surface area contributed by atoms with E-state index in [-0.39, 0.29) is 0 Å². The topological polar surface area (TPSA) is 8.17 Å². The van der Waals surface area contributed by atoms with Crippen LogP contribution in [0.1, 0.15) is 0 Å². The van der Waals surface area contributed by atoms with Crippen molar-refractivity contribution in [2.24, 2.45) is 0 Å². The molecule has 0 saturated carbocycles. The number of benzene rings is 8. The highest BCUT2D eigenvalue weighted by Crippen LogP contribution is 2.45. The van der Waals surface area contributed by atoms with Gasteiger partial charge in [0.2, 0.25) is 0 Å². The summed E-state index contributed by atoms with van der Waals surface area (Å²) in [7, 11) is 0. The number of rotatable bonds is 4. The number of nitrogens with zero attached hydrogens (tertiary/aromatic N) is 2. The molecule has 11 rings (SSSR count). The van der Waals surface area contributed by atoms with Crippen LogP contribution in [0.5, 0.6) is 0 Å². The zero-order valence-corrected chi connectivity index (χ0v) is 28.5. The molecule has 8 aromatic carbocycles. The van der Waals surface area contributed by atoms with Crippen LogP contribution < -0.4 is 4.90 Å². The summed E-state index contributed by atoms with van der Waals surface area (Å²) in [6.07, 6.45) is 0. The van der Waals surface area contributed by atoms with Gasteiger partial charge in [0.05, 0.1) is 11.0 Å². The summed E-state index contributed by atoms with van der Waals surface area (Å²) in [5.74, 6) is 0. The van der Waals surface area contributed by atoms with Gasteiger partial charge in [-0.15, -0.1) is 22.7 Å². The van der Waals surface area contributed by atoms with Crippen LogP contribution in [0.3, 0.4) is 0 Å². The van der Waals surface area contributed by atoms with Crippen LogP contribution >= 0.6 is 22.7 Å². The molecule has 0 N–H and O–H groups in total. The summed E-state index contributed by atoms with van der Waals surface area (Å²) < 4.78 is 7.69. The third kappa shape index (κ3) is 4.13. The Morgan fingerprint density at radius 1 is 0.360 bits per heavy atom. The Hall–Kier alpha value is -5.94. The summed E-state index contributed by atoms with van der Waals surface area (Å²) in [6, 6.07) is 62.5. The molecule has 3 aromatic heterocycles. The lowest BCUT2D eigenvalue weighted by atomic mass is 10.0. The van der Waals surface area contributed by atoms with Gasteiger partial charge in [-0.3, -0.25) is 0 Å². The van der Waals surface area contributed by atoms with Crippen molar-refractivity contribution in [2.75, 3.05) is 4.90 Å². The van der Waals surface area contributed by atoms with Crippen molar-refractivity contribution in [1.29, 1.82) is 0 Å². The van der Waals surface area contributed by atoms with E-state index < -0.39 is 0 Å². The number of aromatic nitrogens is 1. The molecule has 0 aliphatic rings. The first-order valence-corrected chi connectivity index (χ1v) is 18.6. The average molecular weight is 673 g/mol. The third-order valence-electron chi connectivity index (χ3n) is 10.2. The summed E-state index contributed by atoms with van der Waals surface area (Å²) in [4.78, 5) is 2.45. The first-order valence-electron chi connectivity index (χ1n) is 16.9. The number of hydrogen-bond donors (Lipinski definition) is 0. The molecule has 4 heteroatoms. The molecule has 0 aliphatic heterocycles. The Morgan fingerprint density at radius 2 is 0.920 bits per heavy atom. The summed E-state index contributed by atoms with van der Waals surface area (Å²) in [5, 5.41) is 10.3. The van der Waals surface area contributed by atoms with Crippen LogP contribution in [0.2, 0.25) is 0 Å². The standard InChI is InChI=1S/C46H28N2S2/c1-2-10-30(11-3-1)48-41-15-7-4-12-34(41)35-24-21-33(28-42(35)48)47(32-22-25-45-40(27-32)37-14-6-8-16-43(37)49-45)31-20-18-29-19-23-38-36-13-5-9-17-44(36)50-46(38)39(29)26-31/h1-28H. The largest absolute Gasteiger partial charge is 0.310 e. The average Bonchev–Trinajstić information content (AvgIpc) is 3.85. The van der Waals surface area contributed by atoms with E-state index in [2.05, 4.69) is 179 Å². The Labute approximate surface area is 296 Å². The van der Waals surface area contributed by atoms with Crippen LogP contribution in [0.25, 0.3) is 78.6 Å². The second-order valence-electron chi connectivity index (χ2n) is 12.9. The lowest BCUT2D eigenvalue weighted by Gasteiger charge is -2.26. The number of hydrogen-bond acceptors (Lipinski definition) is 3. The zero-order chi connectivity index (χ0) is 32.8. The first kappa shape index (κ1) is 28.0. The molecule has 0 saturated heterocycles. The highest BCUT2D eigenvalue weighted by Gasteiger charge is 2.20. The molecule has 0 radical (unpaired) electrons. The van der Waals surface area contributed by atoms with E-state index in [1.807, 2.05) is 22.7 Å². The molecule has 0 aliphatic carbocycles. The van der Waals surface area contributed by atoms with Crippen LogP contribution in [0.4, 0.5) is 17.1 Å². The minimum atomic E-state index is 1.12.